The number of unbranched alkanes of at least 4 members (excludes halogenated alkanes) is 4. The first-order chi connectivity index (χ1) is 11.7. The van der Waals surface area contributed by atoms with Gasteiger partial charge in [0.1, 0.15) is 5.75 Å². The van der Waals surface area contributed by atoms with Crippen LogP contribution in [0.25, 0.3) is 11.3 Å². The largest absolute Gasteiger partial charge is 0.492 e. The number of aliphatic hydroxyl groups excluding tert-OH is 1. The first-order valence-electron chi connectivity index (χ1n) is 9.11. The van der Waals surface area contributed by atoms with Crippen LogP contribution in [0.15, 0.2) is 42.6 Å². The van der Waals surface area contributed by atoms with Crippen LogP contribution in [0.1, 0.15) is 64.0 Å². The number of pyridine rings is 1. The van der Waals surface area contributed by atoms with E-state index in [1.165, 1.54) is 25.7 Å². The molecule has 2 aromatic rings. The summed E-state index contributed by atoms with van der Waals surface area (Å²) >= 11 is 0. The molecule has 0 aliphatic carbocycles. The van der Waals surface area contributed by atoms with Crippen LogP contribution in [0.3, 0.4) is 0 Å². The minimum absolute atomic E-state index is 0.389. The molecule has 0 saturated carbocycles. The van der Waals surface area contributed by atoms with Crippen molar-refractivity contribution in [3.8, 4) is 17.0 Å². The number of hydrogen-bond donors (Lipinski definition) is 1. The van der Waals surface area contributed by atoms with E-state index in [-0.39, 0.29) is 6.10 Å². The van der Waals surface area contributed by atoms with E-state index in [1.54, 1.807) is 6.20 Å². The van der Waals surface area contributed by atoms with Crippen molar-refractivity contribution in [3.05, 3.63) is 48.2 Å². The van der Waals surface area contributed by atoms with E-state index in [0.717, 1.165) is 42.0 Å². The van der Waals surface area contributed by atoms with Gasteiger partial charge in [-0.3, -0.25) is 4.98 Å². The van der Waals surface area contributed by atoms with Crippen molar-refractivity contribution in [2.45, 2.75) is 58.5 Å². The van der Waals surface area contributed by atoms with Gasteiger partial charge in [-0.15, -0.1) is 0 Å². The fraction of sp³-hybridized carbons (Fsp3) is 0.476. The smallest absolute Gasteiger partial charge is 0.137 e. The predicted molar refractivity (Wildman–Crippen MR) is 99.2 cm³/mol. The Morgan fingerprint density at radius 1 is 0.958 bits per heavy atom. The van der Waals surface area contributed by atoms with Crippen molar-refractivity contribution < 1.29 is 9.84 Å². The van der Waals surface area contributed by atoms with Gasteiger partial charge in [0.25, 0.3) is 0 Å². The van der Waals surface area contributed by atoms with Crippen molar-refractivity contribution in [3.63, 3.8) is 0 Å². The monoisotopic (exact) mass is 327 g/mol. The van der Waals surface area contributed by atoms with E-state index in [2.05, 4.69) is 11.9 Å². The quantitative estimate of drug-likeness (QED) is 0.582. The molecular weight excluding hydrogens is 298 g/mol. The third kappa shape index (κ3) is 5.64. The average molecular weight is 327 g/mol. The highest BCUT2D eigenvalue weighted by Crippen LogP contribution is 2.23. The summed E-state index contributed by atoms with van der Waals surface area (Å²) in [5.74, 6) is 0.826. The summed E-state index contributed by atoms with van der Waals surface area (Å²) in [5.41, 5.74) is 2.92. The Morgan fingerprint density at radius 2 is 1.71 bits per heavy atom. The SMILES string of the molecule is CCCCCCCOc1ccc(-c2ccc(C(O)CC)cc2)nc1. The molecule has 0 radical (unpaired) electrons. The number of ether oxygens (including phenoxy) is 1. The highest BCUT2D eigenvalue weighted by atomic mass is 16.5. The first kappa shape index (κ1) is 18.5. The molecule has 1 atom stereocenters. The van der Waals surface area contributed by atoms with E-state index in [1.807, 2.05) is 43.3 Å². The van der Waals surface area contributed by atoms with Gasteiger partial charge in [-0.25, -0.2) is 0 Å². The molecule has 3 nitrogen and oxygen atoms in total. The third-order valence-corrected chi connectivity index (χ3v) is 4.23. The molecule has 0 saturated heterocycles. The summed E-state index contributed by atoms with van der Waals surface area (Å²) in [5, 5.41) is 9.85. The lowest BCUT2D eigenvalue weighted by Crippen LogP contribution is -1.98. The Balaban J connectivity index is 1.85. The van der Waals surface area contributed by atoms with Gasteiger partial charge in [-0.2, -0.15) is 0 Å². The second kappa shape index (κ2) is 10.1. The molecule has 1 aromatic carbocycles. The fourth-order valence-corrected chi connectivity index (χ4v) is 2.64. The molecule has 1 N–H and O–H groups in total. The number of hydrogen-bond acceptors (Lipinski definition) is 3. The zero-order valence-corrected chi connectivity index (χ0v) is 14.9. The second-order valence-electron chi connectivity index (χ2n) is 6.19. The third-order valence-electron chi connectivity index (χ3n) is 4.23. The van der Waals surface area contributed by atoms with Crippen molar-refractivity contribution >= 4 is 0 Å². The van der Waals surface area contributed by atoms with Crippen LogP contribution in [0, 0.1) is 0 Å². The van der Waals surface area contributed by atoms with Crippen LogP contribution in [0.4, 0.5) is 0 Å². The highest BCUT2D eigenvalue weighted by Gasteiger charge is 2.06. The lowest BCUT2D eigenvalue weighted by Gasteiger charge is -2.09. The summed E-state index contributed by atoms with van der Waals surface area (Å²) in [6, 6.07) is 11.9. The van der Waals surface area contributed by atoms with Gasteiger partial charge < -0.3 is 9.84 Å². The van der Waals surface area contributed by atoms with Gasteiger partial charge in [-0.05, 0) is 30.5 Å². The number of rotatable bonds is 10. The van der Waals surface area contributed by atoms with E-state index in [0.29, 0.717) is 0 Å². The summed E-state index contributed by atoms with van der Waals surface area (Å²) in [7, 11) is 0. The molecular formula is C21H29NO2. The van der Waals surface area contributed by atoms with Gasteiger partial charge in [0.2, 0.25) is 0 Å². The summed E-state index contributed by atoms with van der Waals surface area (Å²) in [6.07, 6.45) is 8.32. The van der Waals surface area contributed by atoms with Crippen LogP contribution >= 0.6 is 0 Å². The van der Waals surface area contributed by atoms with Crippen LogP contribution in [0.5, 0.6) is 5.75 Å². The normalized spacial score (nSPS) is 12.1. The highest BCUT2D eigenvalue weighted by molar-refractivity contribution is 5.59. The summed E-state index contributed by atoms with van der Waals surface area (Å²) < 4.78 is 5.75. The van der Waals surface area contributed by atoms with Gasteiger partial charge in [0.15, 0.2) is 0 Å². The van der Waals surface area contributed by atoms with Gasteiger partial charge in [-0.1, -0.05) is 63.8 Å². The van der Waals surface area contributed by atoms with E-state index in [4.69, 9.17) is 4.74 Å². The molecule has 130 valence electrons. The van der Waals surface area contributed by atoms with Crippen molar-refractivity contribution in [1.82, 2.24) is 4.98 Å². The maximum absolute atomic E-state index is 9.85. The zero-order valence-electron chi connectivity index (χ0n) is 14.9. The van der Waals surface area contributed by atoms with Crippen molar-refractivity contribution in [2.24, 2.45) is 0 Å². The Hall–Kier alpha value is -1.87. The minimum atomic E-state index is -0.389. The van der Waals surface area contributed by atoms with E-state index < -0.39 is 0 Å². The lowest BCUT2D eigenvalue weighted by molar-refractivity contribution is 0.173. The Labute approximate surface area is 145 Å². The number of aliphatic hydroxyl groups is 1. The Morgan fingerprint density at radius 3 is 2.33 bits per heavy atom. The van der Waals surface area contributed by atoms with Crippen LogP contribution < -0.4 is 4.74 Å². The van der Waals surface area contributed by atoms with Gasteiger partial charge in [0.05, 0.1) is 24.6 Å². The molecule has 1 unspecified atom stereocenters. The molecule has 1 heterocycles. The van der Waals surface area contributed by atoms with Crippen LogP contribution in [-0.2, 0) is 0 Å². The van der Waals surface area contributed by atoms with Crippen LogP contribution in [0.2, 0.25) is 0 Å². The molecule has 0 aliphatic heterocycles. The zero-order chi connectivity index (χ0) is 17.2. The molecule has 0 bridgehead atoms. The minimum Gasteiger partial charge on any atom is -0.492 e. The lowest BCUT2D eigenvalue weighted by atomic mass is 10.0. The van der Waals surface area contributed by atoms with Gasteiger partial charge in [0, 0.05) is 5.56 Å². The Bertz CT molecular complexity index is 578. The maximum Gasteiger partial charge on any atom is 0.137 e. The number of nitrogens with zero attached hydrogens (tertiary/aromatic N) is 1. The maximum atomic E-state index is 9.85. The molecule has 0 fully saturated rings. The molecule has 0 aliphatic rings. The summed E-state index contributed by atoms with van der Waals surface area (Å²) in [4.78, 5) is 4.48. The second-order valence-corrected chi connectivity index (χ2v) is 6.19. The van der Waals surface area contributed by atoms with Crippen LogP contribution in [-0.4, -0.2) is 16.7 Å². The molecule has 0 spiro atoms. The van der Waals surface area contributed by atoms with E-state index >= 15 is 0 Å². The number of aromatic nitrogens is 1. The fourth-order valence-electron chi connectivity index (χ4n) is 2.64. The van der Waals surface area contributed by atoms with E-state index in [9.17, 15) is 5.11 Å². The molecule has 3 heteroatoms. The molecule has 0 amide bonds. The van der Waals surface area contributed by atoms with Crippen molar-refractivity contribution in [1.29, 1.82) is 0 Å². The molecule has 2 rings (SSSR count). The molecule has 1 aromatic heterocycles. The summed E-state index contributed by atoms with van der Waals surface area (Å²) in [6.45, 7) is 4.96. The standard InChI is InChI=1S/C21H29NO2/c1-3-5-6-7-8-15-24-19-13-14-20(22-16-19)17-9-11-18(12-10-17)21(23)4-2/h9-14,16,21,23H,3-8,15H2,1-2H3. The number of benzene rings is 1. The predicted octanol–water partition coefficient (Wildman–Crippen LogP) is 5.54. The Kier molecular flexibility index (Phi) is 7.76. The molecule has 24 heavy (non-hydrogen) atoms. The van der Waals surface area contributed by atoms with Gasteiger partial charge >= 0.3 is 0 Å². The first-order valence-corrected chi connectivity index (χ1v) is 9.11. The average Bonchev–Trinajstić information content (AvgIpc) is 2.64. The topological polar surface area (TPSA) is 42.4 Å². The van der Waals surface area contributed by atoms with Crippen molar-refractivity contribution in [2.75, 3.05) is 6.61 Å².